The van der Waals surface area contributed by atoms with E-state index in [0.717, 1.165) is 13.0 Å². The highest BCUT2D eigenvalue weighted by atomic mass is 16.5. The molecule has 1 fully saturated rings. The molecule has 16 heavy (non-hydrogen) atoms. The Morgan fingerprint density at radius 1 is 1.69 bits per heavy atom. The van der Waals surface area contributed by atoms with E-state index in [1.807, 2.05) is 0 Å². The molecule has 0 saturated carbocycles. The van der Waals surface area contributed by atoms with Crippen LogP contribution in [0.25, 0.3) is 0 Å². The minimum atomic E-state index is -0.343. The van der Waals surface area contributed by atoms with Gasteiger partial charge in [0.25, 0.3) is 5.91 Å². The Balaban J connectivity index is 1.90. The van der Waals surface area contributed by atoms with Gasteiger partial charge in [-0.25, -0.2) is 4.98 Å². The summed E-state index contributed by atoms with van der Waals surface area (Å²) in [6, 6.07) is 3.03. The van der Waals surface area contributed by atoms with Crippen LogP contribution in [0.5, 0.6) is 5.75 Å². The van der Waals surface area contributed by atoms with Crippen LogP contribution in [0.4, 0.5) is 0 Å². The number of amides is 1. The van der Waals surface area contributed by atoms with Gasteiger partial charge in [0, 0.05) is 25.3 Å². The lowest BCUT2D eigenvalue weighted by molar-refractivity contribution is 0.0937. The standard InChI is InChI=1S/C11H14N2O3/c14-9-2-1-4-12-10(9)11(15)13-6-8-3-5-16-7-8/h1-2,4,8,14H,3,5-7H2,(H,13,15). The largest absolute Gasteiger partial charge is 0.505 e. The minimum absolute atomic E-state index is 0.0708. The molecular formula is C11H14N2O3. The molecule has 0 aliphatic carbocycles. The molecule has 2 heterocycles. The molecular weight excluding hydrogens is 208 g/mol. The van der Waals surface area contributed by atoms with Gasteiger partial charge in [-0.05, 0) is 18.6 Å². The van der Waals surface area contributed by atoms with Gasteiger partial charge in [0.2, 0.25) is 0 Å². The molecule has 0 spiro atoms. The van der Waals surface area contributed by atoms with Crippen LogP contribution in [0.1, 0.15) is 16.9 Å². The van der Waals surface area contributed by atoms with Crippen LogP contribution < -0.4 is 5.32 Å². The molecule has 1 amide bonds. The molecule has 1 saturated heterocycles. The van der Waals surface area contributed by atoms with Crippen LogP contribution in [0, 0.1) is 5.92 Å². The first kappa shape index (κ1) is 10.9. The second-order valence-electron chi connectivity index (χ2n) is 3.81. The summed E-state index contributed by atoms with van der Waals surface area (Å²) >= 11 is 0. The predicted molar refractivity (Wildman–Crippen MR) is 57.2 cm³/mol. The Labute approximate surface area is 93.5 Å². The SMILES string of the molecule is O=C(NCC1CCOC1)c1ncccc1O. The summed E-state index contributed by atoms with van der Waals surface area (Å²) in [5.74, 6) is -0.0672. The number of carbonyl (C=O) groups excluding carboxylic acids is 1. The smallest absolute Gasteiger partial charge is 0.273 e. The van der Waals surface area contributed by atoms with Crippen LogP contribution in [-0.4, -0.2) is 35.8 Å². The van der Waals surface area contributed by atoms with Gasteiger partial charge in [-0.1, -0.05) is 0 Å². The van der Waals surface area contributed by atoms with Gasteiger partial charge in [0.05, 0.1) is 6.61 Å². The highest BCUT2D eigenvalue weighted by molar-refractivity contribution is 5.94. The highest BCUT2D eigenvalue weighted by Gasteiger charge is 2.18. The number of pyridine rings is 1. The first-order valence-electron chi connectivity index (χ1n) is 5.27. The first-order chi connectivity index (χ1) is 7.77. The summed E-state index contributed by atoms with van der Waals surface area (Å²) in [7, 11) is 0. The molecule has 1 aliphatic heterocycles. The average molecular weight is 222 g/mol. The minimum Gasteiger partial charge on any atom is -0.505 e. The third-order valence-electron chi connectivity index (χ3n) is 2.58. The van der Waals surface area contributed by atoms with Crippen molar-refractivity contribution in [3.63, 3.8) is 0 Å². The van der Waals surface area contributed by atoms with Crippen molar-refractivity contribution in [3.8, 4) is 5.75 Å². The molecule has 0 radical (unpaired) electrons. The van der Waals surface area contributed by atoms with Gasteiger partial charge < -0.3 is 15.2 Å². The maximum Gasteiger partial charge on any atom is 0.273 e. The Bertz CT molecular complexity index is 375. The van der Waals surface area contributed by atoms with Crippen LogP contribution in [0.15, 0.2) is 18.3 Å². The van der Waals surface area contributed by atoms with Crippen LogP contribution in [0.3, 0.4) is 0 Å². The molecule has 1 aromatic heterocycles. The molecule has 1 unspecified atom stereocenters. The van der Waals surface area contributed by atoms with Crippen molar-refractivity contribution in [1.29, 1.82) is 0 Å². The van der Waals surface area contributed by atoms with Crippen LogP contribution in [-0.2, 0) is 4.74 Å². The number of nitrogens with zero attached hydrogens (tertiary/aromatic N) is 1. The first-order valence-corrected chi connectivity index (χ1v) is 5.27. The van der Waals surface area contributed by atoms with Crippen molar-refractivity contribution in [2.75, 3.05) is 19.8 Å². The lowest BCUT2D eigenvalue weighted by atomic mass is 10.1. The maximum absolute atomic E-state index is 11.6. The normalized spacial score (nSPS) is 19.6. The predicted octanol–water partition coefficient (Wildman–Crippen LogP) is 0.553. The van der Waals surface area contributed by atoms with Crippen LogP contribution in [0.2, 0.25) is 0 Å². The van der Waals surface area contributed by atoms with Gasteiger partial charge in [-0.15, -0.1) is 0 Å². The van der Waals surface area contributed by atoms with E-state index in [-0.39, 0.29) is 17.4 Å². The van der Waals surface area contributed by atoms with E-state index in [2.05, 4.69) is 10.3 Å². The zero-order chi connectivity index (χ0) is 11.4. The Kier molecular flexibility index (Phi) is 3.36. The second-order valence-corrected chi connectivity index (χ2v) is 3.81. The molecule has 5 heteroatoms. The van der Waals surface area contributed by atoms with E-state index in [1.165, 1.54) is 12.3 Å². The molecule has 0 aromatic carbocycles. The number of aromatic hydroxyl groups is 1. The summed E-state index contributed by atoms with van der Waals surface area (Å²) in [6.07, 6.45) is 2.45. The lowest BCUT2D eigenvalue weighted by Gasteiger charge is -2.09. The van der Waals surface area contributed by atoms with Crippen molar-refractivity contribution in [2.45, 2.75) is 6.42 Å². The summed E-state index contributed by atoms with van der Waals surface area (Å²) in [5.41, 5.74) is 0.0708. The van der Waals surface area contributed by atoms with E-state index in [0.29, 0.717) is 19.1 Å². The molecule has 1 aliphatic rings. The highest BCUT2D eigenvalue weighted by Crippen LogP contribution is 2.14. The fraction of sp³-hybridized carbons (Fsp3) is 0.455. The number of carbonyl (C=O) groups is 1. The summed E-state index contributed by atoms with van der Waals surface area (Å²) in [4.78, 5) is 15.5. The van der Waals surface area contributed by atoms with Crippen molar-refractivity contribution in [1.82, 2.24) is 10.3 Å². The fourth-order valence-electron chi connectivity index (χ4n) is 1.64. The van der Waals surface area contributed by atoms with Gasteiger partial charge >= 0.3 is 0 Å². The molecule has 1 aromatic rings. The monoisotopic (exact) mass is 222 g/mol. The molecule has 5 nitrogen and oxygen atoms in total. The van der Waals surface area contributed by atoms with Gasteiger partial charge in [-0.3, -0.25) is 4.79 Å². The van der Waals surface area contributed by atoms with Crippen molar-refractivity contribution < 1.29 is 14.6 Å². The second kappa shape index (κ2) is 4.94. The maximum atomic E-state index is 11.6. The lowest BCUT2D eigenvalue weighted by Crippen LogP contribution is -2.30. The van der Waals surface area contributed by atoms with Gasteiger partial charge in [-0.2, -0.15) is 0 Å². The number of aromatic nitrogens is 1. The Morgan fingerprint density at radius 2 is 2.56 bits per heavy atom. The third kappa shape index (κ3) is 2.49. The van der Waals surface area contributed by atoms with Gasteiger partial charge in [0.15, 0.2) is 5.69 Å². The molecule has 1 atom stereocenters. The van der Waals surface area contributed by atoms with E-state index >= 15 is 0 Å². The number of hydrogen-bond donors (Lipinski definition) is 2. The summed E-state index contributed by atoms with van der Waals surface area (Å²) < 4.78 is 5.20. The van der Waals surface area contributed by atoms with Gasteiger partial charge in [0.1, 0.15) is 5.75 Å². The number of rotatable bonds is 3. The molecule has 2 N–H and O–H groups in total. The van der Waals surface area contributed by atoms with E-state index in [4.69, 9.17) is 4.74 Å². The van der Waals surface area contributed by atoms with Crippen molar-refractivity contribution >= 4 is 5.91 Å². The fourth-order valence-corrected chi connectivity index (χ4v) is 1.64. The van der Waals surface area contributed by atoms with E-state index in [1.54, 1.807) is 6.07 Å². The quantitative estimate of drug-likeness (QED) is 0.783. The molecule has 0 bridgehead atoms. The van der Waals surface area contributed by atoms with Crippen molar-refractivity contribution in [2.24, 2.45) is 5.92 Å². The molecule has 86 valence electrons. The topological polar surface area (TPSA) is 71.5 Å². The number of nitrogens with one attached hydrogen (secondary N) is 1. The number of hydrogen-bond acceptors (Lipinski definition) is 4. The summed E-state index contributed by atoms with van der Waals surface area (Å²) in [6.45, 7) is 2.01. The molecule has 2 rings (SSSR count). The van der Waals surface area contributed by atoms with Crippen molar-refractivity contribution in [3.05, 3.63) is 24.0 Å². The zero-order valence-electron chi connectivity index (χ0n) is 8.85. The van der Waals surface area contributed by atoms with Crippen LogP contribution >= 0.6 is 0 Å². The zero-order valence-corrected chi connectivity index (χ0v) is 8.85. The number of ether oxygens (including phenoxy) is 1. The Hall–Kier alpha value is -1.62. The average Bonchev–Trinajstić information content (AvgIpc) is 2.79. The van der Waals surface area contributed by atoms with E-state index < -0.39 is 0 Å². The Morgan fingerprint density at radius 3 is 3.25 bits per heavy atom. The summed E-state index contributed by atoms with van der Waals surface area (Å²) in [5, 5.41) is 12.2. The van der Waals surface area contributed by atoms with E-state index in [9.17, 15) is 9.90 Å². The third-order valence-corrected chi connectivity index (χ3v) is 2.58.